The SMILES string of the molecule is CCC1CN(CC(NC(C)C)C(N)=O)CCN1C. The minimum absolute atomic E-state index is 0.245. The van der Waals surface area contributed by atoms with Crippen molar-refractivity contribution in [3.05, 3.63) is 0 Å². The average Bonchev–Trinajstić information content (AvgIpc) is 2.29. The molecule has 0 radical (unpaired) electrons. The maximum atomic E-state index is 11.4. The smallest absolute Gasteiger partial charge is 0.235 e. The number of likely N-dealkylation sites (N-methyl/N-ethyl adjacent to an activating group) is 1. The van der Waals surface area contributed by atoms with E-state index in [2.05, 4.69) is 29.1 Å². The Balaban J connectivity index is 2.51. The molecule has 2 atom stereocenters. The van der Waals surface area contributed by atoms with Gasteiger partial charge in [-0.1, -0.05) is 20.8 Å². The summed E-state index contributed by atoms with van der Waals surface area (Å²) in [7, 11) is 2.17. The third-order valence-electron chi connectivity index (χ3n) is 3.65. The molecule has 106 valence electrons. The molecule has 5 nitrogen and oxygen atoms in total. The molecule has 0 saturated carbocycles. The van der Waals surface area contributed by atoms with Crippen LogP contribution in [-0.4, -0.2) is 67.1 Å². The standard InChI is InChI=1S/C13H28N4O/c1-5-11-8-17(7-6-16(11)4)9-12(13(14)18)15-10(2)3/h10-12,15H,5-9H2,1-4H3,(H2,14,18). The van der Waals surface area contributed by atoms with Crippen LogP contribution in [0.2, 0.25) is 0 Å². The van der Waals surface area contributed by atoms with Crippen molar-refractivity contribution in [3.8, 4) is 0 Å². The van der Waals surface area contributed by atoms with E-state index >= 15 is 0 Å². The summed E-state index contributed by atoms with van der Waals surface area (Å²) >= 11 is 0. The number of rotatable bonds is 6. The zero-order chi connectivity index (χ0) is 13.7. The van der Waals surface area contributed by atoms with Gasteiger partial charge in [0.25, 0.3) is 0 Å². The van der Waals surface area contributed by atoms with Crippen LogP contribution in [0.4, 0.5) is 0 Å². The van der Waals surface area contributed by atoms with Crippen molar-refractivity contribution in [2.45, 2.75) is 45.3 Å². The van der Waals surface area contributed by atoms with E-state index in [0.29, 0.717) is 6.04 Å². The summed E-state index contributed by atoms with van der Waals surface area (Å²) in [4.78, 5) is 16.2. The van der Waals surface area contributed by atoms with E-state index in [1.807, 2.05) is 13.8 Å². The first-order chi connectivity index (χ1) is 8.43. The lowest BCUT2D eigenvalue weighted by Crippen LogP contribution is -2.57. The van der Waals surface area contributed by atoms with Crippen LogP contribution in [0.5, 0.6) is 0 Å². The van der Waals surface area contributed by atoms with Gasteiger partial charge in [-0.3, -0.25) is 9.69 Å². The number of carbonyl (C=O) groups is 1. The van der Waals surface area contributed by atoms with Gasteiger partial charge in [0, 0.05) is 38.3 Å². The topological polar surface area (TPSA) is 61.6 Å². The molecule has 0 spiro atoms. The highest BCUT2D eigenvalue weighted by atomic mass is 16.1. The lowest BCUT2D eigenvalue weighted by Gasteiger charge is -2.40. The van der Waals surface area contributed by atoms with Crippen molar-refractivity contribution in [2.24, 2.45) is 5.73 Å². The van der Waals surface area contributed by atoms with E-state index < -0.39 is 0 Å². The van der Waals surface area contributed by atoms with Gasteiger partial charge in [0.2, 0.25) is 5.91 Å². The fourth-order valence-electron chi connectivity index (χ4n) is 2.50. The molecule has 0 aliphatic carbocycles. The lowest BCUT2D eigenvalue weighted by molar-refractivity contribution is -0.120. The molecular formula is C13H28N4O. The van der Waals surface area contributed by atoms with Crippen LogP contribution in [0.3, 0.4) is 0 Å². The third-order valence-corrected chi connectivity index (χ3v) is 3.65. The summed E-state index contributed by atoms with van der Waals surface area (Å²) in [5, 5.41) is 3.24. The van der Waals surface area contributed by atoms with Gasteiger partial charge in [-0.05, 0) is 13.5 Å². The summed E-state index contributed by atoms with van der Waals surface area (Å²) in [5.74, 6) is -0.254. The number of nitrogens with two attached hydrogens (primary N) is 1. The first-order valence-corrected chi connectivity index (χ1v) is 6.92. The molecule has 0 bridgehead atoms. The Morgan fingerprint density at radius 1 is 1.44 bits per heavy atom. The molecule has 0 aromatic heterocycles. The number of hydrogen-bond acceptors (Lipinski definition) is 4. The zero-order valence-electron chi connectivity index (χ0n) is 12.1. The summed E-state index contributed by atoms with van der Waals surface area (Å²) in [6.45, 7) is 10.1. The molecule has 1 heterocycles. The molecule has 0 aromatic carbocycles. The maximum absolute atomic E-state index is 11.4. The van der Waals surface area contributed by atoms with Crippen molar-refractivity contribution in [3.63, 3.8) is 0 Å². The average molecular weight is 256 g/mol. The molecular weight excluding hydrogens is 228 g/mol. The molecule has 1 aliphatic heterocycles. The van der Waals surface area contributed by atoms with Gasteiger partial charge in [0.1, 0.15) is 0 Å². The number of piperazine rings is 1. The van der Waals surface area contributed by atoms with E-state index in [-0.39, 0.29) is 18.0 Å². The van der Waals surface area contributed by atoms with Gasteiger partial charge in [0.15, 0.2) is 0 Å². The van der Waals surface area contributed by atoms with E-state index in [9.17, 15) is 4.79 Å². The predicted molar refractivity (Wildman–Crippen MR) is 74.4 cm³/mol. The van der Waals surface area contributed by atoms with Crippen molar-refractivity contribution < 1.29 is 4.79 Å². The van der Waals surface area contributed by atoms with Gasteiger partial charge in [-0.2, -0.15) is 0 Å². The summed E-state index contributed by atoms with van der Waals surface area (Å²) in [6, 6.07) is 0.620. The fraction of sp³-hybridized carbons (Fsp3) is 0.923. The Bertz CT molecular complexity index is 270. The normalized spacial score (nSPS) is 24.4. The van der Waals surface area contributed by atoms with Crippen LogP contribution in [-0.2, 0) is 4.79 Å². The van der Waals surface area contributed by atoms with Crippen molar-refractivity contribution >= 4 is 5.91 Å². The van der Waals surface area contributed by atoms with Crippen LogP contribution < -0.4 is 11.1 Å². The Kier molecular flexibility index (Phi) is 6.05. The second-order valence-corrected chi connectivity index (χ2v) is 5.58. The number of nitrogens with zero attached hydrogens (tertiary/aromatic N) is 2. The fourth-order valence-corrected chi connectivity index (χ4v) is 2.50. The lowest BCUT2D eigenvalue weighted by atomic mass is 10.1. The molecule has 5 heteroatoms. The van der Waals surface area contributed by atoms with E-state index in [0.717, 1.165) is 32.6 Å². The van der Waals surface area contributed by atoms with Crippen molar-refractivity contribution in [1.29, 1.82) is 0 Å². The van der Waals surface area contributed by atoms with Crippen LogP contribution in [0.1, 0.15) is 27.2 Å². The molecule has 1 fully saturated rings. The largest absolute Gasteiger partial charge is 0.368 e. The first kappa shape index (κ1) is 15.4. The number of nitrogens with one attached hydrogen (secondary N) is 1. The zero-order valence-corrected chi connectivity index (χ0v) is 12.1. The minimum atomic E-state index is -0.254. The van der Waals surface area contributed by atoms with Gasteiger partial charge in [-0.25, -0.2) is 0 Å². The molecule has 1 rings (SSSR count). The molecule has 2 unspecified atom stereocenters. The van der Waals surface area contributed by atoms with Crippen LogP contribution in [0.15, 0.2) is 0 Å². The van der Waals surface area contributed by atoms with Crippen LogP contribution in [0, 0.1) is 0 Å². The number of hydrogen-bond donors (Lipinski definition) is 2. The van der Waals surface area contributed by atoms with Crippen LogP contribution >= 0.6 is 0 Å². The number of amides is 1. The second kappa shape index (κ2) is 7.07. The van der Waals surface area contributed by atoms with Crippen LogP contribution in [0.25, 0.3) is 0 Å². The van der Waals surface area contributed by atoms with Gasteiger partial charge < -0.3 is 16.0 Å². The molecule has 3 N–H and O–H groups in total. The van der Waals surface area contributed by atoms with E-state index in [1.165, 1.54) is 0 Å². The Hall–Kier alpha value is -0.650. The molecule has 1 aliphatic rings. The van der Waals surface area contributed by atoms with E-state index in [1.54, 1.807) is 0 Å². The Labute approximate surface area is 111 Å². The van der Waals surface area contributed by atoms with Crippen molar-refractivity contribution in [2.75, 3.05) is 33.2 Å². The summed E-state index contributed by atoms with van der Waals surface area (Å²) in [6.07, 6.45) is 1.14. The van der Waals surface area contributed by atoms with Gasteiger partial charge in [0.05, 0.1) is 6.04 Å². The van der Waals surface area contributed by atoms with E-state index in [4.69, 9.17) is 5.73 Å². The summed E-state index contributed by atoms with van der Waals surface area (Å²) < 4.78 is 0. The Morgan fingerprint density at radius 3 is 2.61 bits per heavy atom. The highest BCUT2D eigenvalue weighted by molar-refractivity contribution is 5.80. The van der Waals surface area contributed by atoms with Gasteiger partial charge >= 0.3 is 0 Å². The maximum Gasteiger partial charge on any atom is 0.235 e. The monoisotopic (exact) mass is 256 g/mol. The first-order valence-electron chi connectivity index (χ1n) is 6.92. The minimum Gasteiger partial charge on any atom is -0.368 e. The second-order valence-electron chi connectivity index (χ2n) is 5.58. The van der Waals surface area contributed by atoms with Gasteiger partial charge in [-0.15, -0.1) is 0 Å². The predicted octanol–water partition coefficient (Wildman–Crippen LogP) is -0.136. The molecule has 1 saturated heterocycles. The molecule has 1 amide bonds. The summed E-state index contributed by atoms with van der Waals surface area (Å²) in [5.41, 5.74) is 5.46. The van der Waals surface area contributed by atoms with Crippen molar-refractivity contribution in [1.82, 2.24) is 15.1 Å². The highest BCUT2D eigenvalue weighted by Gasteiger charge is 2.26. The highest BCUT2D eigenvalue weighted by Crippen LogP contribution is 2.11. The molecule has 0 aromatic rings. The quantitative estimate of drug-likeness (QED) is 0.695. The Morgan fingerprint density at radius 2 is 2.11 bits per heavy atom. The molecule has 18 heavy (non-hydrogen) atoms. The third kappa shape index (κ3) is 4.55. The number of primary amides is 1. The number of carbonyl (C=O) groups excluding carboxylic acids is 1.